The van der Waals surface area contributed by atoms with Gasteiger partial charge in [0.1, 0.15) is 0 Å². The molecule has 2 rings (SSSR count). The maximum atomic E-state index is 10.6. The van der Waals surface area contributed by atoms with Gasteiger partial charge in [-0.05, 0) is 29.8 Å². The van der Waals surface area contributed by atoms with Crippen LogP contribution in [-0.2, 0) is 0 Å². The second-order valence-corrected chi connectivity index (χ2v) is 4.48. The van der Waals surface area contributed by atoms with E-state index in [9.17, 15) is 9.90 Å². The Balaban J connectivity index is 2.37. The molecule has 0 fully saturated rings. The molecule has 0 saturated heterocycles. The van der Waals surface area contributed by atoms with E-state index in [2.05, 4.69) is 0 Å². The number of halogens is 1. The van der Waals surface area contributed by atoms with Gasteiger partial charge in [0.25, 0.3) is 0 Å². The second-order valence-electron chi connectivity index (χ2n) is 2.96. The van der Waals surface area contributed by atoms with Crippen LogP contribution in [0, 0.1) is 0 Å². The summed E-state index contributed by atoms with van der Waals surface area (Å²) < 4.78 is 0. The quantitative estimate of drug-likeness (QED) is 0.805. The molecule has 4 heteroatoms. The Morgan fingerprint density at radius 3 is 2.33 bits per heavy atom. The topological polar surface area (TPSA) is 40.1 Å². The number of aromatic carboxylic acids is 1. The summed E-state index contributed by atoms with van der Waals surface area (Å²) in [5, 5.41) is 11.2. The average Bonchev–Trinajstić information content (AvgIpc) is 2.68. The monoisotopic (exact) mass is 237 g/mol. The normalized spacial score (nSPS) is 10.2. The van der Waals surface area contributed by atoms with Crippen LogP contribution in [0.4, 0.5) is 0 Å². The van der Waals surface area contributed by atoms with E-state index >= 15 is 0 Å². The number of thiophene rings is 1. The molecule has 0 unspecified atom stereocenters. The summed E-state index contributed by atoms with van der Waals surface area (Å²) in [5.41, 5.74) is 0.955. The summed E-state index contributed by atoms with van der Waals surface area (Å²) in [6, 6.07) is 10.6. The molecule has 76 valence electrons. The van der Waals surface area contributed by atoms with E-state index < -0.39 is 5.97 Å². The van der Waals surface area contributed by atoms with Crippen molar-refractivity contribution in [2.24, 2.45) is 0 Å². The lowest BCUT2D eigenvalue weighted by atomic mass is 10.2. The number of carboxylic acids is 1. The Morgan fingerprint density at radius 1 is 1.13 bits per heavy atom. The molecular weight excluding hydrogens is 232 g/mol. The highest BCUT2D eigenvalue weighted by Crippen LogP contribution is 2.28. The van der Waals surface area contributed by atoms with Crippen molar-refractivity contribution in [1.29, 1.82) is 0 Å². The average molecular weight is 238 g/mol. The molecule has 2 nitrogen and oxygen atoms in total. The molecular formula is C11H6ClO2S-. The third kappa shape index (κ3) is 2.19. The molecule has 0 amide bonds. The van der Waals surface area contributed by atoms with E-state index in [-0.39, 0.29) is 4.88 Å². The summed E-state index contributed by atoms with van der Waals surface area (Å²) in [7, 11) is 0. The lowest BCUT2D eigenvalue weighted by Crippen LogP contribution is -2.20. The zero-order chi connectivity index (χ0) is 10.8. The van der Waals surface area contributed by atoms with Gasteiger partial charge < -0.3 is 9.90 Å². The molecule has 0 radical (unpaired) electrons. The fourth-order valence-corrected chi connectivity index (χ4v) is 2.19. The highest BCUT2D eigenvalue weighted by atomic mass is 35.5. The lowest BCUT2D eigenvalue weighted by molar-refractivity contribution is -0.254. The van der Waals surface area contributed by atoms with Gasteiger partial charge >= 0.3 is 0 Å². The molecule has 0 spiro atoms. The van der Waals surface area contributed by atoms with Crippen LogP contribution < -0.4 is 5.11 Å². The summed E-state index contributed by atoms with van der Waals surface area (Å²) in [6.45, 7) is 0. The molecule has 0 atom stereocenters. The van der Waals surface area contributed by atoms with Crippen molar-refractivity contribution < 1.29 is 9.90 Å². The third-order valence-electron chi connectivity index (χ3n) is 1.94. The van der Waals surface area contributed by atoms with Gasteiger partial charge in [-0.1, -0.05) is 23.7 Å². The van der Waals surface area contributed by atoms with Gasteiger partial charge in [0.05, 0.1) is 10.8 Å². The summed E-state index contributed by atoms with van der Waals surface area (Å²) in [6.07, 6.45) is 0. The number of hydrogen-bond donors (Lipinski definition) is 0. The van der Waals surface area contributed by atoms with Crippen molar-refractivity contribution in [2.45, 2.75) is 0 Å². The minimum atomic E-state index is -1.14. The van der Waals surface area contributed by atoms with Crippen molar-refractivity contribution in [2.75, 3.05) is 0 Å². The maximum absolute atomic E-state index is 10.6. The van der Waals surface area contributed by atoms with Crippen LogP contribution in [-0.4, -0.2) is 5.97 Å². The van der Waals surface area contributed by atoms with Gasteiger partial charge in [-0.25, -0.2) is 0 Å². The first kappa shape index (κ1) is 10.2. The Hall–Kier alpha value is -1.32. The summed E-state index contributed by atoms with van der Waals surface area (Å²) in [5.74, 6) is -1.14. The number of carbonyl (C=O) groups excluding carboxylic acids is 1. The van der Waals surface area contributed by atoms with E-state index in [1.54, 1.807) is 24.3 Å². The van der Waals surface area contributed by atoms with E-state index in [4.69, 9.17) is 11.6 Å². The molecule has 2 aromatic rings. The van der Waals surface area contributed by atoms with Crippen LogP contribution in [0.15, 0.2) is 36.4 Å². The van der Waals surface area contributed by atoms with Gasteiger partial charge in [-0.2, -0.15) is 0 Å². The SMILES string of the molecule is O=C([O-])c1ccc(-c2ccc(Cl)cc2)s1. The van der Waals surface area contributed by atoms with Crippen LogP contribution in [0.3, 0.4) is 0 Å². The number of carboxylic acid groups (broad SMARTS) is 1. The minimum absolute atomic E-state index is 0.236. The van der Waals surface area contributed by atoms with E-state index in [1.165, 1.54) is 11.3 Å². The van der Waals surface area contributed by atoms with Crippen molar-refractivity contribution in [3.8, 4) is 10.4 Å². The van der Waals surface area contributed by atoms with Crippen molar-refractivity contribution >= 4 is 28.9 Å². The van der Waals surface area contributed by atoms with Crippen LogP contribution in [0.5, 0.6) is 0 Å². The number of hydrogen-bond acceptors (Lipinski definition) is 3. The molecule has 0 N–H and O–H groups in total. The van der Waals surface area contributed by atoms with E-state index in [0.717, 1.165) is 10.4 Å². The van der Waals surface area contributed by atoms with Gasteiger partial charge in [0, 0.05) is 9.90 Å². The van der Waals surface area contributed by atoms with E-state index in [1.807, 2.05) is 12.1 Å². The Bertz CT molecular complexity index is 488. The van der Waals surface area contributed by atoms with Crippen molar-refractivity contribution in [1.82, 2.24) is 0 Å². The first-order valence-electron chi connectivity index (χ1n) is 4.24. The molecule has 0 bridgehead atoms. The highest BCUT2D eigenvalue weighted by molar-refractivity contribution is 7.17. The van der Waals surface area contributed by atoms with Crippen LogP contribution in [0.1, 0.15) is 9.67 Å². The molecule has 1 aromatic heterocycles. The highest BCUT2D eigenvalue weighted by Gasteiger charge is 2.02. The van der Waals surface area contributed by atoms with Gasteiger partial charge in [-0.3, -0.25) is 0 Å². The Labute approximate surface area is 95.8 Å². The number of rotatable bonds is 2. The minimum Gasteiger partial charge on any atom is -0.544 e. The third-order valence-corrected chi connectivity index (χ3v) is 3.30. The van der Waals surface area contributed by atoms with Crippen molar-refractivity contribution in [3.05, 3.63) is 46.3 Å². The molecule has 1 heterocycles. The zero-order valence-corrected chi connectivity index (χ0v) is 9.14. The fraction of sp³-hybridized carbons (Fsp3) is 0. The molecule has 1 aromatic carbocycles. The predicted molar refractivity (Wildman–Crippen MR) is 59.1 cm³/mol. The van der Waals surface area contributed by atoms with E-state index in [0.29, 0.717) is 5.02 Å². The predicted octanol–water partition coefficient (Wildman–Crippen LogP) is 2.43. The van der Waals surface area contributed by atoms with Crippen LogP contribution in [0.25, 0.3) is 10.4 Å². The van der Waals surface area contributed by atoms with Gasteiger partial charge in [0.15, 0.2) is 0 Å². The molecule has 15 heavy (non-hydrogen) atoms. The molecule has 0 aliphatic carbocycles. The fourth-order valence-electron chi connectivity index (χ4n) is 1.22. The Kier molecular flexibility index (Phi) is 2.75. The molecule has 0 saturated carbocycles. The van der Waals surface area contributed by atoms with Crippen LogP contribution >= 0.6 is 22.9 Å². The summed E-state index contributed by atoms with van der Waals surface area (Å²) in [4.78, 5) is 11.7. The maximum Gasteiger partial charge on any atom is 0.0815 e. The number of carbonyl (C=O) groups is 1. The smallest absolute Gasteiger partial charge is 0.0815 e. The van der Waals surface area contributed by atoms with Gasteiger partial charge in [-0.15, -0.1) is 11.3 Å². The zero-order valence-electron chi connectivity index (χ0n) is 7.57. The van der Waals surface area contributed by atoms with Crippen LogP contribution in [0.2, 0.25) is 5.02 Å². The van der Waals surface area contributed by atoms with Gasteiger partial charge in [0.2, 0.25) is 0 Å². The lowest BCUT2D eigenvalue weighted by Gasteiger charge is -1.97. The summed E-state index contributed by atoms with van der Waals surface area (Å²) >= 11 is 6.95. The standard InChI is InChI=1S/C11H7ClO2S/c12-8-3-1-7(2-4-8)9-5-6-10(15-9)11(13)14/h1-6H,(H,13,14)/p-1. The first-order valence-corrected chi connectivity index (χ1v) is 5.43. The van der Waals surface area contributed by atoms with Crippen molar-refractivity contribution in [3.63, 3.8) is 0 Å². The Morgan fingerprint density at radius 2 is 1.80 bits per heavy atom. The first-order chi connectivity index (χ1) is 7.16. The second kappa shape index (κ2) is 4.04. The molecule has 0 aliphatic rings. The molecule has 0 aliphatic heterocycles. The number of benzene rings is 1. The largest absolute Gasteiger partial charge is 0.544 e.